The van der Waals surface area contributed by atoms with Crippen molar-refractivity contribution in [3.63, 3.8) is 0 Å². The number of ether oxygens (including phenoxy) is 1. The Morgan fingerprint density at radius 3 is 2.06 bits per heavy atom. The van der Waals surface area contributed by atoms with Crippen LogP contribution in [-0.2, 0) is 14.3 Å². The average Bonchev–Trinajstić information content (AvgIpc) is 2.35. The van der Waals surface area contributed by atoms with Crippen molar-refractivity contribution in [3.05, 3.63) is 0 Å². The van der Waals surface area contributed by atoms with Crippen molar-refractivity contribution in [2.24, 2.45) is 0 Å². The highest BCUT2D eigenvalue weighted by atomic mass is 16.5. The van der Waals surface area contributed by atoms with Crippen molar-refractivity contribution in [2.75, 3.05) is 19.7 Å². The summed E-state index contributed by atoms with van der Waals surface area (Å²) in [5.41, 5.74) is 0. The number of carboxylic acids is 1. The molecule has 1 amide bonds. The second-order valence-electron chi connectivity index (χ2n) is 4.38. The number of carbonyl (C=O) groups excluding carboxylic acids is 1. The predicted octanol–water partition coefficient (Wildman–Crippen LogP) is 1.90. The first-order valence-electron chi connectivity index (χ1n) is 6.65. The van der Waals surface area contributed by atoms with Crippen molar-refractivity contribution in [1.29, 1.82) is 0 Å². The molecule has 0 radical (unpaired) electrons. The number of hydrogen-bond acceptors (Lipinski definition) is 3. The fraction of sp³-hybridized carbons (Fsp3) is 0.846. The van der Waals surface area contributed by atoms with Crippen molar-refractivity contribution >= 4 is 11.9 Å². The SMILES string of the molecule is CCCCN(CCCC)C(=O)COC(C)C(=O)O. The lowest BCUT2D eigenvalue weighted by Gasteiger charge is -2.22. The molecule has 0 aliphatic heterocycles. The van der Waals surface area contributed by atoms with Gasteiger partial charge in [-0.25, -0.2) is 4.79 Å². The molecule has 0 aliphatic carbocycles. The fourth-order valence-corrected chi connectivity index (χ4v) is 1.42. The van der Waals surface area contributed by atoms with Gasteiger partial charge in [0.25, 0.3) is 0 Å². The maximum absolute atomic E-state index is 11.9. The first-order valence-corrected chi connectivity index (χ1v) is 6.65. The summed E-state index contributed by atoms with van der Waals surface area (Å²) in [6.07, 6.45) is 3.05. The number of hydrogen-bond donors (Lipinski definition) is 1. The van der Waals surface area contributed by atoms with Gasteiger partial charge in [0, 0.05) is 13.1 Å². The molecule has 0 rings (SSSR count). The maximum Gasteiger partial charge on any atom is 0.332 e. The van der Waals surface area contributed by atoms with E-state index >= 15 is 0 Å². The van der Waals surface area contributed by atoms with Gasteiger partial charge in [0.1, 0.15) is 6.61 Å². The summed E-state index contributed by atoms with van der Waals surface area (Å²) in [7, 11) is 0. The van der Waals surface area contributed by atoms with Crippen LogP contribution in [0.15, 0.2) is 0 Å². The second kappa shape index (κ2) is 9.88. The molecule has 1 unspecified atom stereocenters. The lowest BCUT2D eigenvalue weighted by Crippen LogP contribution is -2.37. The third-order valence-corrected chi connectivity index (χ3v) is 2.72. The molecule has 0 spiro atoms. The van der Waals surface area contributed by atoms with Gasteiger partial charge in [-0.2, -0.15) is 0 Å². The Labute approximate surface area is 109 Å². The van der Waals surface area contributed by atoms with Crippen LogP contribution in [0.1, 0.15) is 46.5 Å². The lowest BCUT2D eigenvalue weighted by molar-refractivity contribution is -0.153. The Morgan fingerprint density at radius 2 is 1.67 bits per heavy atom. The molecule has 18 heavy (non-hydrogen) atoms. The highest BCUT2D eigenvalue weighted by Gasteiger charge is 2.17. The van der Waals surface area contributed by atoms with Gasteiger partial charge in [0.2, 0.25) is 5.91 Å². The zero-order valence-electron chi connectivity index (χ0n) is 11.6. The smallest absolute Gasteiger partial charge is 0.332 e. The summed E-state index contributed by atoms with van der Waals surface area (Å²) >= 11 is 0. The average molecular weight is 259 g/mol. The van der Waals surface area contributed by atoms with E-state index in [-0.39, 0.29) is 12.5 Å². The van der Waals surface area contributed by atoms with E-state index in [0.717, 1.165) is 38.8 Å². The van der Waals surface area contributed by atoms with E-state index in [4.69, 9.17) is 9.84 Å². The van der Waals surface area contributed by atoms with Gasteiger partial charge in [-0.15, -0.1) is 0 Å². The molecule has 5 nitrogen and oxygen atoms in total. The lowest BCUT2D eigenvalue weighted by atomic mass is 10.2. The Balaban J connectivity index is 4.14. The zero-order chi connectivity index (χ0) is 14.0. The number of amides is 1. The first-order chi connectivity index (χ1) is 8.52. The summed E-state index contributed by atoms with van der Waals surface area (Å²) in [4.78, 5) is 24.2. The highest BCUT2D eigenvalue weighted by molar-refractivity contribution is 5.78. The molecule has 1 atom stereocenters. The van der Waals surface area contributed by atoms with Gasteiger partial charge in [-0.3, -0.25) is 4.79 Å². The van der Waals surface area contributed by atoms with E-state index in [0.29, 0.717) is 0 Å². The van der Waals surface area contributed by atoms with Crippen LogP contribution in [-0.4, -0.2) is 47.7 Å². The Kier molecular flexibility index (Phi) is 9.28. The van der Waals surface area contributed by atoms with E-state index in [9.17, 15) is 9.59 Å². The second-order valence-corrected chi connectivity index (χ2v) is 4.38. The zero-order valence-corrected chi connectivity index (χ0v) is 11.6. The number of carboxylic acid groups (broad SMARTS) is 1. The van der Waals surface area contributed by atoms with E-state index in [1.165, 1.54) is 6.92 Å². The number of rotatable bonds is 10. The maximum atomic E-state index is 11.9. The highest BCUT2D eigenvalue weighted by Crippen LogP contribution is 2.01. The van der Waals surface area contributed by atoms with Crippen LogP contribution >= 0.6 is 0 Å². The van der Waals surface area contributed by atoms with Crippen molar-refractivity contribution in [1.82, 2.24) is 4.90 Å². The topological polar surface area (TPSA) is 66.8 Å². The van der Waals surface area contributed by atoms with Gasteiger partial charge in [0.05, 0.1) is 0 Å². The normalized spacial score (nSPS) is 12.2. The summed E-state index contributed by atoms with van der Waals surface area (Å²) in [5, 5.41) is 8.67. The number of carbonyl (C=O) groups is 2. The molecule has 0 fully saturated rings. The van der Waals surface area contributed by atoms with Gasteiger partial charge in [-0.1, -0.05) is 26.7 Å². The van der Waals surface area contributed by atoms with E-state index in [2.05, 4.69) is 13.8 Å². The molecule has 0 aliphatic rings. The Morgan fingerprint density at radius 1 is 1.17 bits per heavy atom. The Hall–Kier alpha value is -1.10. The van der Waals surface area contributed by atoms with Crippen LogP contribution in [0, 0.1) is 0 Å². The first kappa shape index (κ1) is 16.9. The van der Waals surface area contributed by atoms with Crippen molar-refractivity contribution in [2.45, 2.75) is 52.6 Å². The number of nitrogens with zero attached hydrogens (tertiary/aromatic N) is 1. The molecule has 1 N–H and O–H groups in total. The fourth-order valence-electron chi connectivity index (χ4n) is 1.42. The van der Waals surface area contributed by atoms with Gasteiger partial charge in [0.15, 0.2) is 6.10 Å². The molecule has 0 aromatic carbocycles. The number of unbranched alkanes of at least 4 members (excludes halogenated alkanes) is 2. The van der Waals surface area contributed by atoms with Crippen LogP contribution in [0.2, 0.25) is 0 Å². The number of aliphatic carboxylic acids is 1. The van der Waals surface area contributed by atoms with Crippen LogP contribution in [0.3, 0.4) is 0 Å². The third kappa shape index (κ3) is 7.27. The van der Waals surface area contributed by atoms with Crippen LogP contribution in [0.4, 0.5) is 0 Å². The molecule has 0 saturated carbocycles. The quantitative estimate of drug-likeness (QED) is 0.650. The monoisotopic (exact) mass is 259 g/mol. The van der Waals surface area contributed by atoms with Gasteiger partial charge in [-0.05, 0) is 19.8 Å². The van der Waals surface area contributed by atoms with Crippen molar-refractivity contribution < 1.29 is 19.4 Å². The van der Waals surface area contributed by atoms with E-state index in [1.54, 1.807) is 4.90 Å². The molecule has 106 valence electrons. The molecule has 5 heteroatoms. The van der Waals surface area contributed by atoms with E-state index < -0.39 is 12.1 Å². The van der Waals surface area contributed by atoms with Crippen LogP contribution in [0.25, 0.3) is 0 Å². The summed E-state index contributed by atoms with van der Waals surface area (Å²) < 4.78 is 5.02. The molecular weight excluding hydrogens is 234 g/mol. The molecule has 0 bridgehead atoms. The largest absolute Gasteiger partial charge is 0.479 e. The van der Waals surface area contributed by atoms with Crippen LogP contribution < -0.4 is 0 Å². The molecule has 0 aromatic rings. The third-order valence-electron chi connectivity index (χ3n) is 2.72. The predicted molar refractivity (Wildman–Crippen MR) is 69.4 cm³/mol. The van der Waals surface area contributed by atoms with Gasteiger partial charge < -0.3 is 14.7 Å². The molecular formula is C13H25NO4. The minimum Gasteiger partial charge on any atom is -0.479 e. The van der Waals surface area contributed by atoms with E-state index in [1.807, 2.05) is 0 Å². The van der Waals surface area contributed by atoms with Crippen LogP contribution in [0.5, 0.6) is 0 Å². The summed E-state index contributed by atoms with van der Waals surface area (Å²) in [6.45, 7) is 6.87. The molecule has 0 aromatic heterocycles. The summed E-state index contributed by atoms with van der Waals surface area (Å²) in [6, 6.07) is 0. The minimum absolute atomic E-state index is 0.120. The minimum atomic E-state index is -1.04. The Bertz CT molecular complexity index is 247. The molecule has 0 heterocycles. The summed E-state index contributed by atoms with van der Waals surface area (Å²) in [5.74, 6) is -1.17. The van der Waals surface area contributed by atoms with Gasteiger partial charge >= 0.3 is 5.97 Å². The van der Waals surface area contributed by atoms with Crippen molar-refractivity contribution in [3.8, 4) is 0 Å². The standard InChI is InChI=1S/C13H25NO4/c1-4-6-8-14(9-7-5-2)12(15)10-18-11(3)13(16)17/h11H,4-10H2,1-3H3,(H,16,17). The molecule has 0 saturated heterocycles.